The van der Waals surface area contributed by atoms with E-state index in [4.69, 9.17) is 5.26 Å². The third-order valence-corrected chi connectivity index (χ3v) is 3.58. The smallest absolute Gasteiger partial charge is 0.0991 e. The van der Waals surface area contributed by atoms with Crippen LogP contribution in [0.2, 0.25) is 0 Å². The van der Waals surface area contributed by atoms with E-state index >= 15 is 0 Å². The summed E-state index contributed by atoms with van der Waals surface area (Å²) in [6, 6.07) is 9.80. The molecule has 1 saturated carbocycles. The lowest BCUT2D eigenvalue weighted by atomic mass is 10.1. The van der Waals surface area contributed by atoms with Crippen molar-refractivity contribution >= 4 is 0 Å². The van der Waals surface area contributed by atoms with E-state index in [9.17, 15) is 5.11 Å². The molecule has 1 aromatic carbocycles. The van der Waals surface area contributed by atoms with E-state index in [2.05, 4.69) is 18.3 Å². The highest BCUT2D eigenvalue weighted by Gasteiger charge is 2.35. The van der Waals surface area contributed by atoms with Crippen molar-refractivity contribution in [2.24, 2.45) is 5.92 Å². The zero-order valence-corrected chi connectivity index (χ0v) is 10.8. The molecule has 1 fully saturated rings. The van der Waals surface area contributed by atoms with Gasteiger partial charge in [-0.3, -0.25) is 0 Å². The van der Waals surface area contributed by atoms with Gasteiger partial charge < -0.3 is 10.4 Å². The fourth-order valence-corrected chi connectivity index (χ4v) is 2.35. The minimum atomic E-state index is -0.486. The number of aliphatic hydroxyl groups is 1. The molecule has 18 heavy (non-hydrogen) atoms. The molecule has 0 amide bonds. The minimum Gasteiger partial charge on any atom is -0.387 e. The van der Waals surface area contributed by atoms with Crippen LogP contribution in [0.4, 0.5) is 0 Å². The first-order valence-electron chi connectivity index (χ1n) is 6.66. The van der Waals surface area contributed by atoms with E-state index in [-0.39, 0.29) is 0 Å². The van der Waals surface area contributed by atoms with Crippen LogP contribution in [0.5, 0.6) is 0 Å². The molecule has 1 aliphatic carbocycles. The summed E-state index contributed by atoms with van der Waals surface area (Å²) < 4.78 is 0. The van der Waals surface area contributed by atoms with Gasteiger partial charge in [-0.15, -0.1) is 0 Å². The Labute approximate surface area is 108 Å². The van der Waals surface area contributed by atoms with Gasteiger partial charge in [0.15, 0.2) is 0 Å². The lowest BCUT2D eigenvalue weighted by Crippen LogP contribution is -2.24. The molecular weight excluding hydrogens is 224 g/mol. The number of benzene rings is 1. The fourth-order valence-electron chi connectivity index (χ4n) is 2.35. The molecule has 1 aliphatic rings. The Bertz CT molecular complexity index is 421. The molecule has 0 saturated heterocycles. The van der Waals surface area contributed by atoms with E-state index in [1.54, 1.807) is 12.1 Å². The first kappa shape index (κ1) is 13.1. The maximum atomic E-state index is 10.0. The second kappa shape index (κ2) is 5.99. The molecule has 96 valence electrons. The fraction of sp³-hybridized carbons (Fsp3) is 0.533. The van der Waals surface area contributed by atoms with Gasteiger partial charge in [-0.1, -0.05) is 25.5 Å². The number of aliphatic hydroxyl groups excluding tert-OH is 1. The van der Waals surface area contributed by atoms with Gasteiger partial charge in [0.05, 0.1) is 17.7 Å². The van der Waals surface area contributed by atoms with Gasteiger partial charge in [0.1, 0.15) is 0 Å². The zero-order chi connectivity index (χ0) is 13.0. The lowest BCUT2D eigenvalue weighted by molar-refractivity contribution is 0.173. The summed E-state index contributed by atoms with van der Waals surface area (Å²) in [4.78, 5) is 0. The minimum absolute atomic E-state index is 0.486. The summed E-state index contributed by atoms with van der Waals surface area (Å²) in [6.45, 7) is 2.80. The number of nitriles is 1. The van der Waals surface area contributed by atoms with Crippen molar-refractivity contribution in [2.45, 2.75) is 38.3 Å². The van der Waals surface area contributed by atoms with E-state index in [1.807, 2.05) is 12.1 Å². The van der Waals surface area contributed by atoms with Crippen LogP contribution in [0.25, 0.3) is 0 Å². The van der Waals surface area contributed by atoms with Crippen LogP contribution in [-0.2, 0) is 0 Å². The number of nitrogens with one attached hydrogen (secondary N) is 1. The first-order valence-corrected chi connectivity index (χ1v) is 6.66. The van der Waals surface area contributed by atoms with Crippen LogP contribution in [0.3, 0.4) is 0 Å². The Hall–Kier alpha value is -1.37. The molecule has 3 unspecified atom stereocenters. The summed E-state index contributed by atoms with van der Waals surface area (Å²) in [5.74, 6) is 0.808. The predicted molar refractivity (Wildman–Crippen MR) is 70.9 cm³/mol. The standard InChI is InChI=1S/C15H20N2O/c1-2-3-13-8-14(13)17-10-15(18)12-6-4-11(9-16)5-7-12/h4-7,13-15,17-18H,2-3,8,10H2,1H3. The summed E-state index contributed by atoms with van der Waals surface area (Å²) in [5, 5.41) is 22.1. The molecule has 0 heterocycles. The zero-order valence-electron chi connectivity index (χ0n) is 10.8. The Morgan fingerprint density at radius 3 is 2.78 bits per heavy atom. The van der Waals surface area contributed by atoms with Crippen molar-refractivity contribution in [3.63, 3.8) is 0 Å². The number of nitrogens with zero attached hydrogens (tertiary/aromatic N) is 1. The van der Waals surface area contributed by atoms with E-state index in [0.717, 1.165) is 11.5 Å². The summed E-state index contributed by atoms with van der Waals surface area (Å²) in [7, 11) is 0. The number of hydrogen-bond acceptors (Lipinski definition) is 3. The summed E-state index contributed by atoms with van der Waals surface area (Å²) in [5.41, 5.74) is 1.50. The predicted octanol–water partition coefficient (Wildman–Crippen LogP) is 2.37. The van der Waals surface area contributed by atoms with Crippen molar-refractivity contribution < 1.29 is 5.11 Å². The molecule has 0 aromatic heterocycles. The maximum absolute atomic E-state index is 10.0. The monoisotopic (exact) mass is 244 g/mol. The normalized spacial score (nSPS) is 23.4. The molecule has 0 spiro atoms. The average molecular weight is 244 g/mol. The molecular formula is C15H20N2O. The van der Waals surface area contributed by atoms with Crippen molar-refractivity contribution in [1.29, 1.82) is 5.26 Å². The van der Waals surface area contributed by atoms with E-state index in [1.165, 1.54) is 19.3 Å². The molecule has 1 aromatic rings. The Morgan fingerprint density at radius 1 is 1.44 bits per heavy atom. The Kier molecular flexibility index (Phi) is 4.35. The van der Waals surface area contributed by atoms with Crippen molar-refractivity contribution in [3.8, 4) is 6.07 Å². The SMILES string of the molecule is CCCC1CC1NCC(O)c1ccc(C#N)cc1. The van der Waals surface area contributed by atoms with Crippen molar-refractivity contribution in [3.05, 3.63) is 35.4 Å². The van der Waals surface area contributed by atoms with Crippen LogP contribution >= 0.6 is 0 Å². The molecule has 3 atom stereocenters. The largest absolute Gasteiger partial charge is 0.387 e. The molecule has 3 nitrogen and oxygen atoms in total. The van der Waals surface area contributed by atoms with Gasteiger partial charge in [-0.25, -0.2) is 0 Å². The van der Waals surface area contributed by atoms with Crippen molar-refractivity contribution in [1.82, 2.24) is 5.32 Å². The molecule has 2 rings (SSSR count). The summed E-state index contributed by atoms with van der Waals surface area (Å²) in [6.07, 6.45) is 3.28. The second-order valence-electron chi connectivity index (χ2n) is 5.05. The molecule has 0 aliphatic heterocycles. The van der Waals surface area contributed by atoms with Gasteiger partial charge in [0.2, 0.25) is 0 Å². The van der Waals surface area contributed by atoms with Gasteiger partial charge in [0, 0.05) is 12.6 Å². The summed E-state index contributed by atoms with van der Waals surface area (Å²) >= 11 is 0. The van der Waals surface area contributed by atoms with Crippen LogP contribution in [-0.4, -0.2) is 17.7 Å². The van der Waals surface area contributed by atoms with Gasteiger partial charge in [-0.2, -0.15) is 5.26 Å². The number of rotatable bonds is 6. The quantitative estimate of drug-likeness (QED) is 0.807. The van der Waals surface area contributed by atoms with Crippen LogP contribution < -0.4 is 5.32 Å². The van der Waals surface area contributed by atoms with Gasteiger partial charge in [-0.05, 0) is 36.5 Å². The van der Waals surface area contributed by atoms with Gasteiger partial charge in [0.25, 0.3) is 0 Å². The van der Waals surface area contributed by atoms with Crippen LogP contribution in [0.15, 0.2) is 24.3 Å². The molecule has 2 N–H and O–H groups in total. The Morgan fingerprint density at radius 2 is 2.17 bits per heavy atom. The van der Waals surface area contributed by atoms with Crippen LogP contribution in [0, 0.1) is 17.2 Å². The topological polar surface area (TPSA) is 56.0 Å². The third-order valence-electron chi connectivity index (χ3n) is 3.58. The highest BCUT2D eigenvalue weighted by atomic mass is 16.3. The molecule has 3 heteroatoms. The Balaban J connectivity index is 1.78. The van der Waals surface area contributed by atoms with E-state index in [0.29, 0.717) is 18.2 Å². The van der Waals surface area contributed by atoms with Crippen LogP contribution in [0.1, 0.15) is 43.4 Å². The highest BCUT2D eigenvalue weighted by molar-refractivity contribution is 5.32. The average Bonchev–Trinajstić information content (AvgIpc) is 3.15. The van der Waals surface area contributed by atoms with Crippen molar-refractivity contribution in [2.75, 3.05) is 6.54 Å². The third kappa shape index (κ3) is 3.32. The molecule has 0 bridgehead atoms. The first-order chi connectivity index (χ1) is 8.74. The number of hydrogen-bond donors (Lipinski definition) is 2. The molecule has 0 radical (unpaired) electrons. The van der Waals surface area contributed by atoms with Gasteiger partial charge >= 0.3 is 0 Å². The second-order valence-corrected chi connectivity index (χ2v) is 5.05. The lowest BCUT2D eigenvalue weighted by Gasteiger charge is -2.12. The maximum Gasteiger partial charge on any atom is 0.0991 e. The highest BCUT2D eigenvalue weighted by Crippen LogP contribution is 2.34. The van der Waals surface area contributed by atoms with E-state index < -0.39 is 6.10 Å².